The Morgan fingerprint density at radius 2 is 1.33 bits per heavy atom. The van der Waals surface area contributed by atoms with E-state index in [9.17, 15) is 0 Å². The van der Waals surface area contributed by atoms with Gasteiger partial charge in [-0.3, -0.25) is 0 Å². The Kier molecular flexibility index (Phi) is 27.6. The molecule has 6 nitrogen and oxygen atoms in total. The summed E-state index contributed by atoms with van der Waals surface area (Å²) in [5, 5.41) is 16.3. The van der Waals surface area contributed by atoms with Gasteiger partial charge in [-0.15, -0.1) is 0 Å². The topological polar surface area (TPSA) is 150 Å². The minimum Gasteiger partial charge on any atom is -1.00 e. The number of hydrogen-bond acceptors (Lipinski definition) is 3. The van der Waals surface area contributed by atoms with Gasteiger partial charge in [0.1, 0.15) is 0 Å². The van der Waals surface area contributed by atoms with Crippen LogP contribution in [0.1, 0.15) is 0 Å². The molecule has 0 aliphatic carbocycles. The van der Waals surface area contributed by atoms with Gasteiger partial charge in [-0.1, -0.05) is 0 Å². The largest absolute Gasteiger partial charge is 1.00 e. The van der Waals surface area contributed by atoms with Crippen molar-refractivity contribution in [2.45, 2.75) is 0 Å². The number of aliphatic carboxylic acids is 2. The van der Waals surface area contributed by atoms with E-state index < -0.39 is 11.9 Å². The fourth-order valence-corrected chi connectivity index (χ4v) is 0. The van der Waals surface area contributed by atoms with Crippen LogP contribution in [-0.4, -0.2) is 17.0 Å². The summed E-state index contributed by atoms with van der Waals surface area (Å²) in [6.45, 7) is 0. The van der Waals surface area contributed by atoms with Crippen LogP contribution in [0.15, 0.2) is 0 Å². The molecule has 0 radical (unpaired) electrons. The maximum Gasteiger partial charge on any atom is 0.351 e. The first-order chi connectivity index (χ1) is 2.64. The molecule has 0 aromatic carbocycles. The lowest BCUT2D eigenvalue weighted by atomic mass is 10.7. The second kappa shape index (κ2) is 9.92. The Bertz CT molecular complexity index is 82.6. The number of carbonyl (C=O) groups excluding carboxylic acids is 1. The highest BCUT2D eigenvalue weighted by Gasteiger charge is 1.90. The average molecular weight is 144 g/mol. The molecule has 7 heteroatoms. The van der Waals surface area contributed by atoms with Gasteiger partial charge in [0.05, 0.1) is 0 Å². The zero-order valence-corrected chi connectivity index (χ0v) is 5.05. The van der Waals surface area contributed by atoms with E-state index in [0.29, 0.717) is 0 Å². The molecule has 0 aromatic heterocycles. The number of quaternary nitrogens is 2. The van der Waals surface area contributed by atoms with Crippen molar-refractivity contribution in [1.82, 2.24) is 12.3 Å². The van der Waals surface area contributed by atoms with E-state index in [1.54, 1.807) is 0 Å². The average Bonchev–Trinajstić information content (AvgIpc) is 1.36. The van der Waals surface area contributed by atoms with Gasteiger partial charge >= 0.3 is 5.97 Å². The van der Waals surface area contributed by atoms with Crippen molar-refractivity contribution in [3.8, 4) is 0 Å². The van der Waals surface area contributed by atoms with Gasteiger partial charge < -0.3 is 32.0 Å². The molecule has 0 amide bonds. The molecule has 9 N–H and O–H groups in total. The van der Waals surface area contributed by atoms with Crippen LogP contribution in [0.25, 0.3) is 0 Å². The molecule has 58 valence electrons. The molecule has 9 heavy (non-hydrogen) atoms. The Labute approximate surface area is 50.0 Å². The maximum absolute atomic E-state index is 9.04. The summed E-state index contributed by atoms with van der Waals surface area (Å²) in [6.07, 6.45) is 0. The molecule has 0 bridgehead atoms. The fraction of sp³-hybridized carbons (Fsp3) is 0. The Morgan fingerprint density at radius 1 is 1.22 bits per heavy atom. The van der Waals surface area contributed by atoms with E-state index in [-0.39, 0.29) is 17.0 Å². The molecule has 0 unspecified atom stereocenters. The van der Waals surface area contributed by atoms with Gasteiger partial charge in [0.2, 0.25) is 0 Å². The van der Waals surface area contributed by atoms with Gasteiger partial charge in [-0.2, -0.15) is 0 Å². The van der Waals surface area contributed by atoms with Gasteiger partial charge in [0.25, 0.3) is 0 Å². The van der Waals surface area contributed by atoms with Crippen molar-refractivity contribution in [2.24, 2.45) is 0 Å². The summed E-state index contributed by atoms with van der Waals surface area (Å²) in [4.78, 5) is 18.0. The van der Waals surface area contributed by atoms with Crippen molar-refractivity contribution in [2.75, 3.05) is 0 Å². The van der Waals surface area contributed by atoms with Gasteiger partial charge in [-0.25, -0.2) is 4.79 Å². The lowest BCUT2D eigenvalue weighted by molar-refractivity contribution is -0.303. The lowest BCUT2D eigenvalue weighted by Crippen LogP contribution is -3.00. The minimum absolute atomic E-state index is 0. The Hall–Kier alpha value is -1.21. The zero-order chi connectivity index (χ0) is 5.15. The summed E-state index contributed by atoms with van der Waals surface area (Å²) < 4.78 is 0. The molecule has 0 heterocycles. The Morgan fingerprint density at radius 3 is 1.33 bits per heavy atom. The van der Waals surface area contributed by atoms with Crippen molar-refractivity contribution in [3.63, 3.8) is 0 Å². The van der Waals surface area contributed by atoms with Crippen LogP contribution in [0.5, 0.6) is 0 Å². The summed E-state index contributed by atoms with van der Waals surface area (Å²) in [6, 6.07) is 0. The van der Waals surface area contributed by atoms with Crippen LogP contribution >= 0.6 is 0 Å². The molecule has 0 rings (SSSR count). The van der Waals surface area contributed by atoms with Crippen molar-refractivity contribution in [3.05, 3.63) is 0 Å². The van der Waals surface area contributed by atoms with E-state index in [1.165, 1.54) is 0 Å². The molecule has 0 saturated carbocycles. The predicted molar refractivity (Wildman–Crippen MR) is 24.6 cm³/mol. The van der Waals surface area contributed by atoms with E-state index >= 15 is 0 Å². The monoisotopic (exact) mass is 144 g/mol. The standard InChI is InChI=1S/C2H2O4.FH.2H3N/c3-1(4)2(5)6;;;/h(H,3,4)(H,5,6);1H;2*1H3. The molecule has 0 fully saturated rings. The third-order valence-electron chi connectivity index (χ3n) is 0.175. The lowest BCUT2D eigenvalue weighted by Gasteiger charge is -1.85. The van der Waals surface area contributed by atoms with Gasteiger partial charge in [0, 0.05) is 0 Å². The second-order valence-corrected chi connectivity index (χ2v) is 0.593. The first kappa shape index (κ1) is 25.0. The number of carboxylic acid groups (broad SMARTS) is 2. The fourth-order valence-electron chi connectivity index (χ4n) is 0. The van der Waals surface area contributed by atoms with Crippen molar-refractivity contribution >= 4 is 11.9 Å². The molecule has 0 aliphatic rings. The highest BCUT2D eigenvalue weighted by molar-refractivity contribution is 6.26. The number of halogens is 1. The molecule has 0 spiro atoms. The second-order valence-electron chi connectivity index (χ2n) is 0.593. The number of rotatable bonds is 0. The molecule has 0 atom stereocenters. The number of carbonyl (C=O) groups is 2. The third-order valence-corrected chi connectivity index (χ3v) is 0.175. The van der Waals surface area contributed by atoms with E-state index in [4.69, 9.17) is 19.8 Å². The summed E-state index contributed by atoms with van der Waals surface area (Å²) in [5.41, 5.74) is 0. The molecule has 0 aliphatic heterocycles. The molecular weight excluding hydrogens is 135 g/mol. The van der Waals surface area contributed by atoms with E-state index in [2.05, 4.69) is 0 Å². The number of carboxylic acids is 2. The Balaban J connectivity index is -0.0000000417. The highest BCUT2D eigenvalue weighted by Crippen LogP contribution is 1.49. The van der Waals surface area contributed by atoms with Crippen molar-refractivity contribution in [1.29, 1.82) is 0 Å². The molecule has 0 aromatic rings. The molecular formula is C2H9FN2O4. The minimum atomic E-state index is -2.07. The quantitative estimate of drug-likeness (QED) is 0.294. The summed E-state index contributed by atoms with van der Waals surface area (Å²) in [5.74, 6) is -4.01. The highest BCUT2D eigenvalue weighted by atomic mass is 19.0. The summed E-state index contributed by atoms with van der Waals surface area (Å²) in [7, 11) is 0. The van der Waals surface area contributed by atoms with Crippen LogP contribution in [0.4, 0.5) is 0 Å². The van der Waals surface area contributed by atoms with Gasteiger partial charge in [-0.05, 0) is 0 Å². The molecule has 0 saturated heterocycles. The first-order valence-corrected chi connectivity index (χ1v) is 1.09. The maximum atomic E-state index is 9.04. The van der Waals surface area contributed by atoms with Crippen LogP contribution < -0.4 is 22.1 Å². The smallest absolute Gasteiger partial charge is 0.351 e. The van der Waals surface area contributed by atoms with Crippen LogP contribution in [0, 0.1) is 0 Å². The normalized spacial score (nSPS) is 4.89. The third kappa shape index (κ3) is 20.0. The van der Waals surface area contributed by atoms with Crippen molar-refractivity contribution < 1.29 is 24.5 Å². The van der Waals surface area contributed by atoms with E-state index in [1.807, 2.05) is 0 Å². The van der Waals surface area contributed by atoms with E-state index in [0.717, 1.165) is 0 Å². The first-order valence-electron chi connectivity index (χ1n) is 1.09. The summed E-state index contributed by atoms with van der Waals surface area (Å²) >= 11 is 0. The zero-order valence-electron chi connectivity index (χ0n) is 5.05. The predicted octanol–water partition coefficient (Wildman–Crippen LogP) is -4.42. The van der Waals surface area contributed by atoms with Crippen LogP contribution in [-0.2, 0) is 9.59 Å². The van der Waals surface area contributed by atoms with Gasteiger partial charge in [0.15, 0.2) is 5.97 Å². The van der Waals surface area contributed by atoms with Crippen LogP contribution in [0.2, 0.25) is 0 Å². The van der Waals surface area contributed by atoms with Crippen LogP contribution in [0.3, 0.4) is 0 Å². The SMILES string of the molecule is O=C([O-])C(=O)O.[F-].[NH4+].[NH4+]. The number of hydrogen-bond donors (Lipinski definition) is 3.